The van der Waals surface area contributed by atoms with Crippen LogP contribution in [0, 0.1) is 0 Å². The minimum atomic E-state index is -0.843. The van der Waals surface area contributed by atoms with Gasteiger partial charge in [-0.05, 0) is 25.3 Å². The van der Waals surface area contributed by atoms with Crippen LogP contribution < -0.4 is 0 Å². The van der Waals surface area contributed by atoms with Crippen LogP contribution in [0.25, 0.3) is 0 Å². The molecule has 1 aromatic rings. The Labute approximate surface area is 81.7 Å². The number of aromatic amines is 1. The summed E-state index contributed by atoms with van der Waals surface area (Å²) in [5.74, 6) is 0. The van der Waals surface area contributed by atoms with Crippen molar-refractivity contribution < 1.29 is 9.90 Å². The summed E-state index contributed by atoms with van der Waals surface area (Å²) in [5, 5.41) is 15.7. The van der Waals surface area contributed by atoms with Gasteiger partial charge in [0.2, 0.25) is 0 Å². The number of aromatic nitrogens is 2. The summed E-state index contributed by atoms with van der Waals surface area (Å²) in [6.45, 7) is 0.624. The first kappa shape index (κ1) is 9.05. The van der Waals surface area contributed by atoms with Crippen LogP contribution >= 0.6 is 0 Å². The number of H-pyrrole nitrogens is 1. The van der Waals surface area contributed by atoms with E-state index in [4.69, 9.17) is 5.11 Å². The molecule has 14 heavy (non-hydrogen) atoms. The van der Waals surface area contributed by atoms with Gasteiger partial charge in [0.15, 0.2) is 0 Å². The SMILES string of the molecule is O=C(O)N1CCCCC1c1ccn[nH]1. The lowest BCUT2D eigenvalue weighted by atomic mass is 10.0. The zero-order valence-electron chi connectivity index (χ0n) is 7.81. The van der Waals surface area contributed by atoms with Gasteiger partial charge in [-0.15, -0.1) is 0 Å². The number of carbonyl (C=O) groups is 1. The van der Waals surface area contributed by atoms with Gasteiger partial charge in [-0.1, -0.05) is 0 Å². The van der Waals surface area contributed by atoms with Crippen LogP contribution in [0.2, 0.25) is 0 Å². The van der Waals surface area contributed by atoms with Crippen LogP contribution in [-0.4, -0.2) is 32.8 Å². The van der Waals surface area contributed by atoms with E-state index in [0.717, 1.165) is 25.0 Å². The third-order valence-corrected chi connectivity index (χ3v) is 2.63. The highest BCUT2D eigenvalue weighted by atomic mass is 16.4. The van der Waals surface area contributed by atoms with E-state index in [-0.39, 0.29) is 6.04 Å². The van der Waals surface area contributed by atoms with Crippen molar-refractivity contribution in [1.29, 1.82) is 0 Å². The number of hydrogen-bond acceptors (Lipinski definition) is 2. The summed E-state index contributed by atoms with van der Waals surface area (Å²) in [4.78, 5) is 12.4. The Kier molecular flexibility index (Phi) is 2.39. The van der Waals surface area contributed by atoms with Gasteiger partial charge in [0, 0.05) is 12.7 Å². The molecule has 2 heterocycles. The maximum atomic E-state index is 11.0. The van der Waals surface area contributed by atoms with Crippen LogP contribution in [0.3, 0.4) is 0 Å². The molecule has 0 saturated carbocycles. The lowest BCUT2D eigenvalue weighted by molar-refractivity contribution is 0.105. The van der Waals surface area contributed by atoms with E-state index >= 15 is 0 Å². The van der Waals surface area contributed by atoms with Crippen LogP contribution in [0.4, 0.5) is 4.79 Å². The van der Waals surface area contributed by atoms with Gasteiger partial charge < -0.3 is 5.11 Å². The quantitative estimate of drug-likeness (QED) is 0.715. The van der Waals surface area contributed by atoms with E-state index < -0.39 is 6.09 Å². The molecule has 1 aliphatic rings. The first-order chi connectivity index (χ1) is 6.79. The molecule has 0 aromatic carbocycles. The molecule has 2 N–H and O–H groups in total. The van der Waals surface area contributed by atoms with Crippen molar-refractivity contribution in [3.05, 3.63) is 18.0 Å². The van der Waals surface area contributed by atoms with Gasteiger partial charge in [0.05, 0.1) is 11.7 Å². The summed E-state index contributed by atoms with van der Waals surface area (Å²) >= 11 is 0. The number of amides is 1. The molecule has 1 aromatic heterocycles. The molecule has 0 bridgehead atoms. The molecule has 2 rings (SSSR count). The van der Waals surface area contributed by atoms with E-state index in [2.05, 4.69) is 10.2 Å². The maximum absolute atomic E-state index is 11.0. The average Bonchev–Trinajstić information content (AvgIpc) is 2.70. The molecule has 1 amide bonds. The number of likely N-dealkylation sites (tertiary alicyclic amines) is 1. The van der Waals surface area contributed by atoms with Crippen molar-refractivity contribution in [2.75, 3.05) is 6.54 Å². The fourth-order valence-electron chi connectivity index (χ4n) is 1.94. The van der Waals surface area contributed by atoms with E-state index in [1.54, 1.807) is 6.20 Å². The highest BCUT2D eigenvalue weighted by Gasteiger charge is 2.28. The van der Waals surface area contributed by atoms with Crippen LogP contribution in [0.15, 0.2) is 12.3 Å². The van der Waals surface area contributed by atoms with E-state index in [1.807, 2.05) is 6.07 Å². The normalized spacial score (nSPS) is 22.3. The molecule has 1 aliphatic heterocycles. The summed E-state index contributed by atoms with van der Waals surface area (Å²) in [6.07, 6.45) is 3.73. The monoisotopic (exact) mass is 195 g/mol. The molecule has 5 heteroatoms. The Morgan fingerprint density at radius 2 is 2.50 bits per heavy atom. The molecule has 76 valence electrons. The van der Waals surface area contributed by atoms with Crippen LogP contribution in [0.5, 0.6) is 0 Å². The summed E-state index contributed by atoms with van der Waals surface area (Å²) in [5.41, 5.74) is 0.895. The van der Waals surface area contributed by atoms with Crippen LogP contribution in [-0.2, 0) is 0 Å². The Morgan fingerprint density at radius 3 is 3.14 bits per heavy atom. The van der Waals surface area contributed by atoms with Gasteiger partial charge in [-0.25, -0.2) is 4.79 Å². The second kappa shape index (κ2) is 3.69. The van der Waals surface area contributed by atoms with Crippen molar-refractivity contribution in [2.45, 2.75) is 25.3 Å². The van der Waals surface area contributed by atoms with Gasteiger partial charge >= 0.3 is 6.09 Å². The molecule has 0 aliphatic carbocycles. The Bertz CT molecular complexity index is 310. The predicted octanol–water partition coefficient (Wildman–Crippen LogP) is 1.61. The molecule has 5 nitrogen and oxygen atoms in total. The lowest BCUT2D eigenvalue weighted by Crippen LogP contribution is -2.37. The summed E-state index contributed by atoms with van der Waals surface area (Å²) in [6, 6.07) is 1.80. The topological polar surface area (TPSA) is 69.2 Å². The third-order valence-electron chi connectivity index (χ3n) is 2.63. The number of nitrogens with one attached hydrogen (secondary N) is 1. The van der Waals surface area contributed by atoms with Crippen molar-refractivity contribution in [1.82, 2.24) is 15.1 Å². The van der Waals surface area contributed by atoms with E-state index in [0.29, 0.717) is 6.54 Å². The van der Waals surface area contributed by atoms with Gasteiger partial charge in [-0.3, -0.25) is 10.00 Å². The molecule has 1 unspecified atom stereocenters. The zero-order valence-corrected chi connectivity index (χ0v) is 7.81. The Morgan fingerprint density at radius 1 is 1.64 bits per heavy atom. The first-order valence-electron chi connectivity index (χ1n) is 4.78. The zero-order chi connectivity index (χ0) is 9.97. The fourth-order valence-corrected chi connectivity index (χ4v) is 1.94. The number of nitrogens with zero attached hydrogens (tertiary/aromatic N) is 2. The fraction of sp³-hybridized carbons (Fsp3) is 0.556. The second-order valence-corrected chi connectivity index (χ2v) is 3.50. The standard InChI is InChI=1S/C9H13N3O2/c13-9(14)12-6-2-1-3-8(12)7-4-5-10-11-7/h4-5,8H,1-3,6H2,(H,10,11)(H,13,14). The molecule has 1 saturated heterocycles. The summed E-state index contributed by atoms with van der Waals surface area (Å²) < 4.78 is 0. The minimum Gasteiger partial charge on any atom is -0.465 e. The number of rotatable bonds is 1. The number of hydrogen-bond donors (Lipinski definition) is 2. The van der Waals surface area contributed by atoms with Crippen molar-refractivity contribution in [2.24, 2.45) is 0 Å². The molecular weight excluding hydrogens is 182 g/mol. The number of carboxylic acid groups (broad SMARTS) is 1. The third kappa shape index (κ3) is 1.57. The van der Waals surface area contributed by atoms with Gasteiger partial charge in [0.1, 0.15) is 0 Å². The Balaban J connectivity index is 2.18. The van der Waals surface area contributed by atoms with Gasteiger partial charge in [-0.2, -0.15) is 5.10 Å². The van der Waals surface area contributed by atoms with Gasteiger partial charge in [0.25, 0.3) is 0 Å². The van der Waals surface area contributed by atoms with Crippen molar-refractivity contribution in [3.63, 3.8) is 0 Å². The largest absolute Gasteiger partial charge is 0.465 e. The summed E-state index contributed by atoms with van der Waals surface area (Å²) in [7, 11) is 0. The van der Waals surface area contributed by atoms with Crippen molar-refractivity contribution >= 4 is 6.09 Å². The Hall–Kier alpha value is -1.52. The van der Waals surface area contributed by atoms with E-state index in [9.17, 15) is 4.79 Å². The minimum absolute atomic E-state index is 0.0382. The van der Waals surface area contributed by atoms with Crippen LogP contribution in [0.1, 0.15) is 31.0 Å². The highest BCUT2D eigenvalue weighted by molar-refractivity contribution is 5.65. The van der Waals surface area contributed by atoms with Crippen molar-refractivity contribution in [3.8, 4) is 0 Å². The molecular formula is C9H13N3O2. The highest BCUT2D eigenvalue weighted by Crippen LogP contribution is 2.29. The number of piperidine rings is 1. The molecule has 0 radical (unpaired) electrons. The predicted molar refractivity (Wildman–Crippen MR) is 49.9 cm³/mol. The molecule has 1 atom stereocenters. The lowest BCUT2D eigenvalue weighted by Gasteiger charge is -2.32. The second-order valence-electron chi connectivity index (χ2n) is 3.50. The first-order valence-corrected chi connectivity index (χ1v) is 4.78. The average molecular weight is 195 g/mol. The smallest absolute Gasteiger partial charge is 0.407 e. The maximum Gasteiger partial charge on any atom is 0.407 e. The molecule has 0 spiro atoms. The van der Waals surface area contributed by atoms with E-state index in [1.165, 1.54) is 4.90 Å². The molecule has 1 fully saturated rings.